The molecule has 0 aliphatic heterocycles. The zero-order valence-corrected chi connectivity index (χ0v) is 11.3. The highest BCUT2D eigenvalue weighted by Crippen LogP contribution is 2.23. The fourth-order valence-electron chi connectivity index (χ4n) is 2.74. The van der Waals surface area contributed by atoms with E-state index >= 15 is 0 Å². The summed E-state index contributed by atoms with van der Waals surface area (Å²) < 4.78 is 0. The molecule has 0 N–H and O–H groups in total. The standard InChI is InChI=1S/C18H18O/c1-13-5-7-14(8-6-13)11-18(19)17-10-9-15-3-2-4-16(15)12-17/h5-10,12H,2-4,11H2,1H3. The van der Waals surface area contributed by atoms with Crippen molar-refractivity contribution in [2.75, 3.05) is 0 Å². The van der Waals surface area contributed by atoms with Gasteiger partial charge in [0.25, 0.3) is 0 Å². The molecule has 2 aromatic rings. The van der Waals surface area contributed by atoms with E-state index in [-0.39, 0.29) is 5.78 Å². The van der Waals surface area contributed by atoms with Crippen LogP contribution in [0, 0.1) is 6.92 Å². The largest absolute Gasteiger partial charge is 0.294 e. The van der Waals surface area contributed by atoms with Gasteiger partial charge < -0.3 is 0 Å². The average Bonchev–Trinajstić information content (AvgIpc) is 2.88. The van der Waals surface area contributed by atoms with Gasteiger partial charge in [-0.25, -0.2) is 0 Å². The van der Waals surface area contributed by atoms with Gasteiger partial charge in [0.2, 0.25) is 0 Å². The third-order valence-corrected chi connectivity index (χ3v) is 3.91. The summed E-state index contributed by atoms with van der Waals surface area (Å²) in [6.07, 6.45) is 4.02. The van der Waals surface area contributed by atoms with Crippen molar-refractivity contribution in [1.82, 2.24) is 0 Å². The predicted octanol–water partition coefficient (Wildman–Crippen LogP) is 3.91. The number of ketones is 1. The number of hydrogen-bond donors (Lipinski definition) is 0. The average molecular weight is 250 g/mol. The van der Waals surface area contributed by atoms with Crippen molar-refractivity contribution >= 4 is 5.78 Å². The number of aryl methyl sites for hydroxylation is 3. The second kappa shape index (κ2) is 5.00. The van der Waals surface area contributed by atoms with Crippen molar-refractivity contribution in [1.29, 1.82) is 0 Å². The molecule has 19 heavy (non-hydrogen) atoms. The predicted molar refractivity (Wildman–Crippen MR) is 77.7 cm³/mol. The Kier molecular flexibility index (Phi) is 3.20. The minimum atomic E-state index is 0.221. The molecule has 0 heterocycles. The van der Waals surface area contributed by atoms with E-state index in [2.05, 4.69) is 31.2 Å². The molecule has 1 nitrogen and oxygen atoms in total. The molecule has 1 aliphatic rings. The molecule has 1 heteroatoms. The summed E-state index contributed by atoms with van der Waals surface area (Å²) in [5, 5.41) is 0. The van der Waals surface area contributed by atoms with Crippen LogP contribution in [0.5, 0.6) is 0 Å². The van der Waals surface area contributed by atoms with Crippen molar-refractivity contribution in [3.05, 3.63) is 70.3 Å². The van der Waals surface area contributed by atoms with Crippen LogP contribution >= 0.6 is 0 Å². The molecule has 0 spiro atoms. The number of benzene rings is 2. The Morgan fingerprint density at radius 2 is 1.74 bits per heavy atom. The number of carbonyl (C=O) groups is 1. The Morgan fingerprint density at radius 3 is 2.53 bits per heavy atom. The van der Waals surface area contributed by atoms with Crippen LogP contribution in [0.4, 0.5) is 0 Å². The zero-order valence-electron chi connectivity index (χ0n) is 11.3. The van der Waals surface area contributed by atoms with E-state index in [9.17, 15) is 4.79 Å². The lowest BCUT2D eigenvalue weighted by Crippen LogP contribution is -2.04. The minimum Gasteiger partial charge on any atom is -0.294 e. The highest BCUT2D eigenvalue weighted by Gasteiger charge is 2.14. The second-order valence-corrected chi connectivity index (χ2v) is 5.42. The summed E-state index contributed by atoms with van der Waals surface area (Å²) in [5.74, 6) is 0.221. The van der Waals surface area contributed by atoms with Gasteiger partial charge in [0, 0.05) is 12.0 Å². The van der Waals surface area contributed by atoms with Gasteiger partial charge in [-0.2, -0.15) is 0 Å². The van der Waals surface area contributed by atoms with Crippen LogP contribution in [0.2, 0.25) is 0 Å². The minimum absolute atomic E-state index is 0.221. The molecule has 0 saturated heterocycles. The monoisotopic (exact) mass is 250 g/mol. The van der Waals surface area contributed by atoms with Gasteiger partial charge >= 0.3 is 0 Å². The first-order valence-corrected chi connectivity index (χ1v) is 6.93. The summed E-state index contributed by atoms with van der Waals surface area (Å²) in [4.78, 5) is 12.3. The van der Waals surface area contributed by atoms with Crippen molar-refractivity contribution < 1.29 is 4.79 Å². The maximum absolute atomic E-state index is 12.3. The first-order valence-electron chi connectivity index (χ1n) is 6.93. The Morgan fingerprint density at radius 1 is 1.00 bits per heavy atom. The maximum Gasteiger partial charge on any atom is 0.167 e. The lowest BCUT2D eigenvalue weighted by Gasteiger charge is -2.05. The third-order valence-electron chi connectivity index (χ3n) is 3.91. The van der Waals surface area contributed by atoms with Crippen molar-refractivity contribution in [3.8, 4) is 0 Å². The topological polar surface area (TPSA) is 17.1 Å². The second-order valence-electron chi connectivity index (χ2n) is 5.42. The lowest BCUT2D eigenvalue weighted by atomic mass is 9.99. The highest BCUT2D eigenvalue weighted by atomic mass is 16.1. The molecule has 0 fully saturated rings. The van der Waals surface area contributed by atoms with E-state index in [1.807, 2.05) is 18.2 Å². The molecule has 0 radical (unpaired) electrons. The molecule has 0 unspecified atom stereocenters. The van der Waals surface area contributed by atoms with Gasteiger partial charge in [-0.1, -0.05) is 42.0 Å². The number of fused-ring (bicyclic) bond motifs is 1. The lowest BCUT2D eigenvalue weighted by molar-refractivity contribution is 0.0993. The quantitative estimate of drug-likeness (QED) is 0.755. The molecule has 96 valence electrons. The molecule has 0 atom stereocenters. The molecule has 0 saturated carbocycles. The Balaban J connectivity index is 1.78. The van der Waals surface area contributed by atoms with E-state index in [0.29, 0.717) is 6.42 Å². The van der Waals surface area contributed by atoms with E-state index in [1.165, 1.54) is 29.5 Å². The van der Waals surface area contributed by atoms with E-state index < -0.39 is 0 Å². The molecular weight excluding hydrogens is 232 g/mol. The third kappa shape index (κ3) is 2.60. The van der Waals surface area contributed by atoms with Crippen LogP contribution in [-0.2, 0) is 19.3 Å². The number of carbonyl (C=O) groups excluding carboxylic acids is 1. The van der Waals surface area contributed by atoms with Crippen molar-refractivity contribution in [2.24, 2.45) is 0 Å². The summed E-state index contributed by atoms with van der Waals surface area (Å²) >= 11 is 0. The maximum atomic E-state index is 12.3. The molecule has 0 bridgehead atoms. The van der Waals surface area contributed by atoms with Crippen LogP contribution in [0.15, 0.2) is 42.5 Å². The van der Waals surface area contributed by atoms with Crippen LogP contribution in [-0.4, -0.2) is 5.78 Å². The fourth-order valence-corrected chi connectivity index (χ4v) is 2.74. The molecule has 0 amide bonds. The number of Topliss-reactive ketones (excluding diaryl/α,β-unsaturated/α-hetero) is 1. The van der Waals surface area contributed by atoms with Crippen LogP contribution in [0.3, 0.4) is 0 Å². The summed E-state index contributed by atoms with van der Waals surface area (Å²) in [5.41, 5.74) is 5.98. The van der Waals surface area contributed by atoms with Crippen molar-refractivity contribution in [3.63, 3.8) is 0 Å². The van der Waals surface area contributed by atoms with Crippen LogP contribution < -0.4 is 0 Å². The highest BCUT2D eigenvalue weighted by molar-refractivity contribution is 5.97. The Labute approximate surface area is 114 Å². The smallest absolute Gasteiger partial charge is 0.167 e. The van der Waals surface area contributed by atoms with Gasteiger partial charge in [0.1, 0.15) is 0 Å². The first kappa shape index (κ1) is 12.2. The van der Waals surface area contributed by atoms with E-state index in [1.54, 1.807) is 0 Å². The van der Waals surface area contributed by atoms with Gasteiger partial charge in [-0.3, -0.25) is 4.79 Å². The van der Waals surface area contributed by atoms with E-state index in [0.717, 1.165) is 17.5 Å². The summed E-state index contributed by atoms with van der Waals surface area (Å²) in [7, 11) is 0. The molecular formula is C18H18O. The zero-order chi connectivity index (χ0) is 13.2. The van der Waals surface area contributed by atoms with E-state index in [4.69, 9.17) is 0 Å². The van der Waals surface area contributed by atoms with Crippen LogP contribution in [0.1, 0.15) is 39.0 Å². The molecule has 0 aromatic heterocycles. The fraction of sp³-hybridized carbons (Fsp3) is 0.278. The van der Waals surface area contributed by atoms with Gasteiger partial charge in [-0.15, -0.1) is 0 Å². The Hall–Kier alpha value is -1.89. The van der Waals surface area contributed by atoms with Gasteiger partial charge in [0.15, 0.2) is 5.78 Å². The SMILES string of the molecule is Cc1ccc(CC(=O)c2ccc3c(c2)CCC3)cc1. The molecule has 3 rings (SSSR count). The Bertz CT molecular complexity index is 608. The first-order chi connectivity index (χ1) is 9.22. The summed E-state index contributed by atoms with van der Waals surface area (Å²) in [6.45, 7) is 2.06. The molecule has 2 aromatic carbocycles. The van der Waals surface area contributed by atoms with Gasteiger partial charge in [0.05, 0.1) is 0 Å². The molecule has 1 aliphatic carbocycles. The van der Waals surface area contributed by atoms with Gasteiger partial charge in [-0.05, 0) is 48.9 Å². The number of hydrogen-bond acceptors (Lipinski definition) is 1. The normalized spacial score (nSPS) is 13.3. The van der Waals surface area contributed by atoms with Crippen LogP contribution in [0.25, 0.3) is 0 Å². The number of rotatable bonds is 3. The van der Waals surface area contributed by atoms with Crippen molar-refractivity contribution in [2.45, 2.75) is 32.6 Å². The summed E-state index contributed by atoms with van der Waals surface area (Å²) in [6, 6.07) is 14.4.